The van der Waals surface area contributed by atoms with Crippen LogP contribution in [-0.4, -0.2) is 21.6 Å². The fourth-order valence-corrected chi connectivity index (χ4v) is 11.4. The largest absolute Gasteiger partial charge is 0.309 e. The summed E-state index contributed by atoms with van der Waals surface area (Å²) in [7, 11) is 0. The summed E-state index contributed by atoms with van der Waals surface area (Å²) in [6.45, 7) is 0.438. The molecule has 0 amide bonds. The van der Waals surface area contributed by atoms with Gasteiger partial charge < -0.3 is 14.0 Å². The number of hydrogen-bond acceptors (Lipinski definition) is 3. The number of aromatic nitrogens is 2. The summed E-state index contributed by atoms with van der Waals surface area (Å²) in [6.07, 6.45) is 0. The van der Waals surface area contributed by atoms with Gasteiger partial charge in [0.15, 0.2) is 5.84 Å². The van der Waals surface area contributed by atoms with E-state index in [-0.39, 0.29) is 0 Å². The highest BCUT2D eigenvalue weighted by atomic mass is 15.6. The van der Waals surface area contributed by atoms with E-state index in [2.05, 4.69) is 292 Å². The van der Waals surface area contributed by atoms with Crippen LogP contribution in [0, 0.1) is 0 Å². The molecular formula is C68H47N5. The average Bonchev–Trinajstić information content (AvgIpc) is 4.17. The topological polar surface area (TPSA) is 28.7 Å². The molecule has 0 fully saturated rings. The van der Waals surface area contributed by atoms with Crippen LogP contribution in [0.15, 0.2) is 278 Å². The SMILES string of the molecule is c1ccc(-c2cccc(-c3ccccc3)c2N2CN(c3c(-c4ccccc4)cccc3-c3ccccc3)C(c3cc(-n4c5ccccc5c5ccccc54)cc(-n4c5ccccc5c5ccccc54)c3)=N2)cc1. The molecule has 0 unspecified atom stereocenters. The molecule has 0 N–H and O–H groups in total. The molecule has 0 atom stereocenters. The molecule has 0 aliphatic carbocycles. The van der Waals surface area contributed by atoms with E-state index >= 15 is 0 Å². The number of fused-ring (bicyclic) bond motifs is 6. The van der Waals surface area contributed by atoms with Gasteiger partial charge in [0.1, 0.15) is 6.67 Å². The van der Waals surface area contributed by atoms with Crippen molar-refractivity contribution in [3.05, 3.63) is 279 Å². The third kappa shape index (κ3) is 7.12. The zero-order chi connectivity index (χ0) is 48.2. The van der Waals surface area contributed by atoms with Gasteiger partial charge >= 0.3 is 0 Å². The van der Waals surface area contributed by atoms with Crippen LogP contribution >= 0.6 is 0 Å². The Morgan fingerprint density at radius 1 is 0.274 bits per heavy atom. The fraction of sp³-hybridized carbons (Fsp3) is 0.0147. The highest BCUT2D eigenvalue weighted by Gasteiger charge is 2.34. The number of nitrogens with zero attached hydrogens (tertiary/aromatic N) is 5. The summed E-state index contributed by atoms with van der Waals surface area (Å²) in [5.74, 6) is 0.840. The lowest BCUT2D eigenvalue weighted by molar-refractivity contribution is 0.915. The third-order valence-electron chi connectivity index (χ3n) is 14.5. The first-order chi connectivity index (χ1) is 36.2. The molecule has 5 nitrogen and oxygen atoms in total. The normalized spacial score (nSPS) is 12.6. The smallest absolute Gasteiger partial charge is 0.162 e. The summed E-state index contributed by atoms with van der Waals surface area (Å²) in [5, 5.41) is 13.1. The van der Waals surface area contributed by atoms with Crippen molar-refractivity contribution in [2.24, 2.45) is 5.10 Å². The molecule has 5 heteroatoms. The van der Waals surface area contributed by atoms with Gasteiger partial charge in [-0.2, -0.15) is 5.10 Å². The molecule has 1 aliphatic rings. The molecule has 3 heterocycles. The van der Waals surface area contributed by atoms with E-state index in [9.17, 15) is 0 Å². The van der Waals surface area contributed by atoms with E-state index in [1.54, 1.807) is 0 Å². The Morgan fingerprint density at radius 2 is 0.589 bits per heavy atom. The summed E-state index contributed by atoms with van der Waals surface area (Å²) in [6, 6.07) is 98.7. The van der Waals surface area contributed by atoms with Gasteiger partial charge in [-0.1, -0.05) is 231 Å². The quantitative estimate of drug-likeness (QED) is 0.144. The predicted octanol–water partition coefficient (Wildman–Crippen LogP) is 17.2. The number of para-hydroxylation sites is 6. The van der Waals surface area contributed by atoms with E-state index in [0.717, 1.165) is 101 Å². The Labute approximate surface area is 424 Å². The Kier molecular flexibility index (Phi) is 10.2. The maximum atomic E-state index is 5.98. The molecule has 0 radical (unpaired) electrons. The van der Waals surface area contributed by atoms with Crippen molar-refractivity contribution >= 4 is 60.8 Å². The number of amidine groups is 1. The Morgan fingerprint density at radius 3 is 0.945 bits per heavy atom. The first-order valence-electron chi connectivity index (χ1n) is 25.0. The fourth-order valence-electron chi connectivity index (χ4n) is 11.4. The van der Waals surface area contributed by atoms with Crippen molar-refractivity contribution in [2.45, 2.75) is 0 Å². The van der Waals surface area contributed by atoms with Gasteiger partial charge in [-0.3, -0.25) is 0 Å². The molecule has 0 saturated carbocycles. The minimum absolute atomic E-state index is 0.438. The highest BCUT2D eigenvalue weighted by Crippen LogP contribution is 2.47. The lowest BCUT2D eigenvalue weighted by Crippen LogP contribution is -2.32. The number of benzene rings is 11. The van der Waals surface area contributed by atoms with Gasteiger partial charge in [0, 0.05) is 60.7 Å². The van der Waals surface area contributed by atoms with Crippen molar-refractivity contribution in [1.29, 1.82) is 0 Å². The van der Waals surface area contributed by atoms with Crippen LogP contribution in [0.4, 0.5) is 11.4 Å². The van der Waals surface area contributed by atoms with E-state index in [1.165, 1.54) is 21.5 Å². The van der Waals surface area contributed by atoms with Crippen LogP contribution in [0.5, 0.6) is 0 Å². The first-order valence-corrected chi connectivity index (χ1v) is 25.0. The molecule has 0 spiro atoms. The summed E-state index contributed by atoms with van der Waals surface area (Å²) < 4.78 is 4.88. The predicted molar refractivity (Wildman–Crippen MR) is 306 cm³/mol. The molecule has 344 valence electrons. The summed E-state index contributed by atoms with van der Waals surface area (Å²) in [5.41, 5.74) is 18.8. The second-order valence-electron chi connectivity index (χ2n) is 18.7. The number of rotatable bonds is 9. The molecule has 73 heavy (non-hydrogen) atoms. The summed E-state index contributed by atoms with van der Waals surface area (Å²) >= 11 is 0. The lowest BCUT2D eigenvalue weighted by atomic mass is 9.94. The minimum Gasteiger partial charge on any atom is -0.309 e. The second-order valence-corrected chi connectivity index (χ2v) is 18.7. The Hall–Kier alpha value is -9.71. The third-order valence-corrected chi connectivity index (χ3v) is 14.5. The zero-order valence-corrected chi connectivity index (χ0v) is 39.9. The maximum absolute atomic E-state index is 5.98. The monoisotopic (exact) mass is 933 g/mol. The first kappa shape index (κ1) is 42.2. The lowest BCUT2D eigenvalue weighted by Gasteiger charge is -2.29. The van der Waals surface area contributed by atoms with E-state index < -0.39 is 0 Å². The van der Waals surface area contributed by atoms with Crippen LogP contribution in [0.2, 0.25) is 0 Å². The molecule has 1 aliphatic heterocycles. The molecule has 11 aromatic carbocycles. The van der Waals surface area contributed by atoms with Gasteiger partial charge in [-0.15, -0.1) is 0 Å². The molecular weight excluding hydrogens is 887 g/mol. The maximum Gasteiger partial charge on any atom is 0.162 e. The minimum atomic E-state index is 0.438. The molecule has 2 aromatic heterocycles. The van der Waals surface area contributed by atoms with Crippen LogP contribution in [0.3, 0.4) is 0 Å². The number of anilines is 2. The van der Waals surface area contributed by atoms with Gasteiger partial charge in [0.05, 0.1) is 33.4 Å². The van der Waals surface area contributed by atoms with Gasteiger partial charge in [-0.25, -0.2) is 5.01 Å². The van der Waals surface area contributed by atoms with Crippen molar-refractivity contribution in [1.82, 2.24) is 9.13 Å². The standard InChI is InChI=1S/C68H47N5/c1-5-23-47(24-6-1)54-35-21-36-55(48-25-7-2-8-26-48)66(54)70-46-71(67-56(49-27-9-3-10-28-49)37-22-38-57(67)50-29-11-4-12-30-50)69-68(70)51-43-52(72-62-39-17-13-31-58(62)59-32-14-18-40-63(59)72)45-53(44-51)73-64-41-19-15-33-60(64)61-34-16-20-42-65(61)73/h1-45H,46H2. The van der Waals surface area contributed by atoms with Crippen LogP contribution in [0.25, 0.3) is 99.5 Å². The van der Waals surface area contributed by atoms with Crippen LogP contribution in [-0.2, 0) is 0 Å². The van der Waals surface area contributed by atoms with Crippen molar-refractivity contribution in [2.75, 3.05) is 16.6 Å². The number of hydrogen-bond donors (Lipinski definition) is 0. The number of hydrazone groups is 1. The van der Waals surface area contributed by atoms with E-state index in [0.29, 0.717) is 6.67 Å². The second kappa shape index (κ2) is 17.6. The van der Waals surface area contributed by atoms with E-state index in [4.69, 9.17) is 5.10 Å². The van der Waals surface area contributed by atoms with Crippen LogP contribution in [0.1, 0.15) is 5.56 Å². The van der Waals surface area contributed by atoms with Gasteiger partial charge in [0.2, 0.25) is 0 Å². The van der Waals surface area contributed by atoms with Gasteiger partial charge in [-0.05, 0) is 64.7 Å². The van der Waals surface area contributed by atoms with Crippen LogP contribution < -0.4 is 9.91 Å². The van der Waals surface area contributed by atoms with Crippen molar-refractivity contribution in [3.8, 4) is 55.9 Å². The van der Waals surface area contributed by atoms with E-state index in [1.807, 2.05) is 0 Å². The van der Waals surface area contributed by atoms with Crippen molar-refractivity contribution in [3.63, 3.8) is 0 Å². The summed E-state index contributed by atoms with van der Waals surface area (Å²) in [4.78, 5) is 2.47. The Balaban J connectivity index is 1.10. The molecule has 13 aromatic rings. The Bertz CT molecular complexity index is 3880. The molecule has 0 saturated heterocycles. The average molecular weight is 934 g/mol. The molecule has 0 bridgehead atoms. The highest BCUT2D eigenvalue weighted by molar-refractivity contribution is 6.18. The zero-order valence-electron chi connectivity index (χ0n) is 39.9. The molecule has 14 rings (SSSR count). The van der Waals surface area contributed by atoms with Crippen molar-refractivity contribution < 1.29 is 0 Å². The van der Waals surface area contributed by atoms with Gasteiger partial charge in [0.25, 0.3) is 0 Å².